The number of anilines is 1. The van der Waals surface area contributed by atoms with E-state index >= 15 is 0 Å². The maximum Gasteiger partial charge on any atom is 0.261 e. The van der Waals surface area contributed by atoms with Crippen molar-refractivity contribution in [1.29, 1.82) is 0 Å². The van der Waals surface area contributed by atoms with Crippen molar-refractivity contribution in [3.63, 3.8) is 0 Å². The number of rotatable bonds is 7. The van der Waals surface area contributed by atoms with Crippen LogP contribution in [0.4, 0.5) is 14.6 Å². The van der Waals surface area contributed by atoms with Crippen LogP contribution in [-0.4, -0.2) is 41.1 Å². The van der Waals surface area contributed by atoms with Gasteiger partial charge in [0.25, 0.3) is 6.43 Å². The summed E-state index contributed by atoms with van der Waals surface area (Å²) in [4.78, 5) is 8.11. The molecule has 1 aromatic rings. The number of nitrogens with one attached hydrogen (secondary N) is 1. The molecule has 1 rings (SSSR count). The molecule has 8 heteroatoms. The molecule has 1 aromatic heterocycles. The third kappa shape index (κ3) is 5.45. The van der Waals surface area contributed by atoms with E-state index in [4.69, 9.17) is 18.0 Å². The van der Waals surface area contributed by atoms with Crippen molar-refractivity contribution in [1.82, 2.24) is 9.97 Å². The standard InChI is InChI=1S/C9H12F2N4OS/c10-7(11)5-16-2-1-13-8-4-14-6(3-15-8)9(12)17/h3-4,7H,1-2,5H2,(H2,12,17)(H,13,15). The van der Waals surface area contributed by atoms with E-state index in [9.17, 15) is 8.78 Å². The summed E-state index contributed by atoms with van der Waals surface area (Å²) >= 11 is 4.72. The van der Waals surface area contributed by atoms with E-state index in [1.165, 1.54) is 12.4 Å². The third-order valence-corrected chi connectivity index (χ3v) is 1.91. The largest absolute Gasteiger partial charge is 0.388 e. The molecule has 0 atom stereocenters. The molecular weight excluding hydrogens is 250 g/mol. The number of halogens is 2. The molecule has 0 amide bonds. The van der Waals surface area contributed by atoms with Gasteiger partial charge in [-0.15, -0.1) is 0 Å². The zero-order valence-corrected chi connectivity index (χ0v) is 9.71. The number of nitrogens with two attached hydrogens (primary N) is 1. The van der Waals surface area contributed by atoms with E-state index in [0.29, 0.717) is 18.1 Å². The van der Waals surface area contributed by atoms with Crippen LogP contribution in [0, 0.1) is 0 Å². The van der Waals surface area contributed by atoms with E-state index in [-0.39, 0.29) is 11.6 Å². The van der Waals surface area contributed by atoms with Gasteiger partial charge in [0.05, 0.1) is 19.0 Å². The van der Waals surface area contributed by atoms with Gasteiger partial charge in [-0.25, -0.2) is 18.7 Å². The molecule has 0 spiro atoms. The number of nitrogens with zero attached hydrogens (tertiary/aromatic N) is 2. The number of ether oxygens (including phenoxy) is 1. The van der Waals surface area contributed by atoms with Crippen molar-refractivity contribution >= 4 is 23.0 Å². The zero-order valence-electron chi connectivity index (χ0n) is 8.90. The fourth-order valence-corrected chi connectivity index (χ4v) is 1.08. The second-order valence-electron chi connectivity index (χ2n) is 3.04. The Morgan fingerprint density at radius 1 is 1.47 bits per heavy atom. The lowest BCUT2D eigenvalue weighted by atomic mass is 10.4. The van der Waals surface area contributed by atoms with Crippen LogP contribution in [0.3, 0.4) is 0 Å². The van der Waals surface area contributed by atoms with Crippen LogP contribution in [0.5, 0.6) is 0 Å². The molecular formula is C9H12F2N4OS. The first-order valence-electron chi connectivity index (χ1n) is 4.81. The Kier molecular flexibility index (Phi) is 5.64. The Morgan fingerprint density at radius 2 is 2.24 bits per heavy atom. The molecule has 94 valence electrons. The van der Waals surface area contributed by atoms with Crippen LogP contribution in [-0.2, 0) is 4.74 Å². The number of hydrogen-bond acceptors (Lipinski definition) is 5. The van der Waals surface area contributed by atoms with Gasteiger partial charge in [-0.3, -0.25) is 0 Å². The highest BCUT2D eigenvalue weighted by Gasteiger charge is 2.02. The number of aromatic nitrogens is 2. The van der Waals surface area contributed by atoms with Gasteiger partial charge in [0, 0.05) is 6.54 Å². The summed E-state index contributed by atoms with van der Waals surface area (Å²) in [6.07, 6.45) is 0.450. The lowest BCUT2D eigenvalue weighted by Gasteiger charge is -2.06. The summed E-state index contributed by atoms with van der Waals surface area (Å²) in [7, 11) is 0. The summed E-state index contributed by atoms with van der Waals surface area (Å²) in [5.74, 6) is 0.505. The first-order chi connectivity index (χ1) is 8.09. The minimum absolute atomic E-state index is 0.170. The maximum atomic E-state index is 11.7. The molecule has 1 heterocycles. The van der Waals surface area contributed by atoms with Crippen molar-refractivity contribution in [2.24, 2.45) is 5.73 Å². The molecule has 0 aromatic carbocycles. The summed E-state index contributed by atoms with van der Waals surface area (Å²) < 4.78 is 28.1. The zero-order chi connectivity index (χ0) is 12.7. The highest BCUT2D eigenvalue weighted by Crippen LogP contribution is 2.00. The Labute approximate surface area is 102 Å². The molecule has 0 aliphatic rings. The first kappa shape index (κ1) is 13.7. The summed E-state index contributed by atoms with van der Waals surface area (Å²) in [6, 6.07) is 0. The molecule has 0 aliphatic heterocycles. The van der Waals surface area contributed by atoms with Crippen LogP contribution >= 0.6 is 12.2 Å². The maximum absolute atomic E-state index is 11.7. The topological polar surface area (TPSA) is 73.1 Å². The molecule has 0 unspecified atom stereocenters. The van der Waals surface area contributed by atoms with Crippen LogP contribution in [0.15, 0.2) is 12.4 Å². The summed E-state index contributed by atoms with van der Waals surface area (Å²) in [5.41, 5.74) is 5.78. The third-order valence-electron chi connectivity index (χ3n) is 1.70. The smallest absolute Gasteiger partial charge is 0.261 e. The fraction of sp³-hybridized carbons (Fsp3) is 0.444. The molecule has 0 saturated carbocycles. The molecule has 0 saturated heterocycles. The lowest BCUT2D eigenvalue weighted by Crippen LogP contribution is -2.15. The van der Waals surface area contributed by atoms with Gasteiger partial charge >= 0.3 is 0 Å². The van der Waals surface area contributed by atoms with Gasteiger partial charge in [-0.2, -0.15) is 0 Å². The average Bonchev–Trinajstić information content (AvgIpc) is 2.29. The normalized spacial score (nSPS) is 10.5. The van der Waals surface area contributed by atoms with E-state index in [1.807, 2.05) is 0 Å². The van der Waals surface area contributed by atoms with E-state index in [0.717, 1.165) is 0 Å². The monoisotopic (exact) mass is 262 g/mol. The molecule has 0 radical (unpaired) electrons. The number of hydrogen-bond donors (Lipinski definition) is 2. The van der Waals surface area contributed by atoms with Crippen molar-refractivity contribution < 1.29 is 13.5 Å². The van der Waals surface area contributed by atoms with Crippen molar-refractivity contribution in [2.75, 3.05) is 25.1 Å². The van der Waals surface area contributed by atoms with E-state index in [1.54, 1.807) is 0 Å². The highest BCUT2D eigenvalue weighted by molar-refractivity contribution is 7.80. The molecule has 5 nitrogen and oxygen atoms in total. The first-order valence-corrected chi connectivity index (χ1v) is 5.22. The minimum Gasteiger partial charge on any atom is -0.388 e. The van der Waals surface area contributed by atoms with E-state index in [2.05, 4.69) is 20.0 Å². The number of alkyl halides is 2. The van der Waals surface area contributed by atoms with Crippen LogP contribution in [0.25, 0.3) is 0 Å². The predicted octanol–water partition coefficient (Wildman–Crippen LogP) is 0.804. The fourth-order valence-electron chi connectivity index (χ4n) is 0.970. The minimum atomic E-state index is -2.44. The second kappa shape index (κ2) is 7.02. The van der Waals surface area contributed by atoms with Crippen LogP contribution in [0.2, 0.25) is 0 Å². The van der Waals surface area contributed by atoms with Gasteiger partial charge in [-0.1, -0.05) is 12.2 Å². The van der Waals surface area contributed by atoms with Crippen molar-refractivity contribution in [3.05, 3.63) is 18.1 Å². The van der Waals surface area contributed by atoms with Crippen molar-refractivity contribution in [3.8, 4) is 0 Å². The Balaban J connectivity index is 2.25. The van der Waals surface area contributed by atoms with Crippen LogP contribution in [0.1, 0.15) is 5.69 Å². The van der Waals surface area contributed by atoms with Gasteiger partial charge < -0.3 is 15.8 Å². The second-order valence-corrected chi connectivity index (χ2v) is 3.48. The quantitative estimate of drug-likeness (QED) is 0.559. The summed E-state index contributed by atoms with van der Waals surface area (Å²) in [5, 5.41) is 2.86. The SMILES string of the molecule is NC(=S)c1cnc(NCCOCC(F)F)cn1. The van der Waals surface area contributed by atoms with Gasteiger partial charge in [0.2, 0.25) is 0 Å². The molecule has 0 fully saturated rings. The average molecular weight is 262 g/mol. The molecule has 0 bridgehead atoms. The lowest BCUT2D eigenvalue weighted by molar-refractivity contribution is 0.0215. The predicted molar refractivity (Wildman–Crippen MR) is 63.2 cm³/mol. The summed E-state index contributed by atoms with van der Waals surface area (Å²) in [6.45, 7) is -0.0232. The van der Waals surface area contributed by atoms with Gasteiger partial charge in [0.1, 0.15) is 23.1 Å². The highest BCUT2D eigenvalue weighted by atomic mass is 32.1. The molecule has 3 N–H and O–H groups in total. The van der Waals surface area contributed by atoms with Gasteiger partial charge in [0.15, 0.2) is 0 Å². The van der Waals surface area contributed by atoms with E-state index < -0.39 is 13.0 Å². The number of thiocarbonyl (C=S) groups is 1. The molecule has 0 aliphatic carbocycles. The molecule has 17 heavy (non-hydrogen) atoms. The Hall–Kier alpha value is -1.41. The van der Waals surface area contributed by atoms with Crippen LogP contribution < -0.4 is 11.1 Å². The Bertz CT molecular complexity index is 361. The van der Waals surface area contributed by atoms with Crippen molar-refractivity contribution in [2.45, 2.75) is 6.43 Å². The van der Waals surface area contributed by atoms with Gasteiger partial charge in [-0.05, 0) is 0 Å². The Morgan fingerprint density at radius 3 is 2.76 bits per heavy atom.